The molecule has 0 aliphatic carbocycles. The van der Waals surface area contributed by atoms with E-state index < -0.39 is 0 Å². The molecular formula is C24H28FN3O3. The molecule has 0 atom stereocenters. The number of anilines is 1. The van der Waals surface area contributed by atoms with Gasteiger partial charge in [0.15, 0.2) is 11.4 Å². The molecule has 1 fully saturated rings. The minimum Gasteiger partial charge on any atom is -0.408 e. The van der Waals surface area contributed by atoms with Crippen LogP contribution in [0.15, 0.2) is 51.7 Å². The summed E-state index contributed by atoms with van der Waals surface area (Å²) in [5, 5.41) is 0. The highest BCUT2D eigenvalue weighted by atomic mass is 19.1. The van der Waals surface area contributed by atoms with Crippen LogP contribution in [0.1, 0.15) is 36.5 Å². The molecule has 0 unspecified atom stereocenters. The van der Waals surface area contributed by atoms with Gasteiger partial charge in [0.1, 0.15) is 5.82 Å². The number of carbonyl (C=O) groups is 1. The Morgan fingerprint density at radius 3 is 2.39 bits per heavy atom. The fraction of sp³-hybridized carbons (Fsp3) is 0.417. The zero-order chi connectivity index (χ0) is 21.8. The van der Waals surface area contributed by atoms with Crippen molar-refractivity contribution in [1.29, 1.82) is 0 Å². The Kier molecular flexibility index (Phi) is 6.51. The average molecular weight is 426 g/mol. The van der Waals surface area contributed by atoms with Gasteiger partial charge in [-0.05, 0) is 68.8 Å². The van der Waals surface area contributed by atoms with Crippen LogP contribution in [-0.4, -0.2) is 48.0 Å². The number of nitrogens with zero attached hydrogens (tertiary/aromatic N) is 3. The molecule has 0 bridgehead atoms. The molecular weight excluding hydrogens is 397 g/mol. The number of Topliss-reactive ketones (excluding diaryl/α,β-unsaturated/α-hetero) is 1. The van der Waals surface area contributed by atoms with Gasteiger partial charge in [-0.2, -0.15) is 0 Å². The lowest BCUT2D eigenvalue weighted by Gasteiger charge is -2.36. The Balaban J connectivity index is 1.21. The van der Waals surface area contributed by atoms with Crippen LogP contribution in [0.25, 0.3) is 11.1 Å². The van der Waals surface area contributed by atoms with Gasteiger partial charge in [0.2, 0.25) is 0 Å². The predicted octanol–water partition coefficient (Wildman–Crippen LogP) is 3.93. The summed E-state index contributed by atoms with van der Waals surface area (Å²) in [5.41, 5.74) is 2.84. The lowest BCUT2D eigenvalue weighted by molar-refractivity contribution is 0.101. The number of fused-ring (bicyclic) bond motifs is 1. The molecule has 1 aliphatic rings. The second-order valence-corrected chi connectivity index (χ2v) is 8.12. The number of carbonyl (C=O) groups excluding carboxylic acids is 1. The normalized spacial score (nSPS) is 15.0. The summed E-state index contributed by atoms with van der Waals surface area (Å²) in [6.45, 7) is 7.06. The zero-order valence-electron chi connectivity index (χ0n) is 17.8. The fourth-order valence-corrected chi connectivity index (χ4v) is 4.16. The molecule has 0 radical (unpaired) electrons. The van der Waals surface area contributed by atoms with Crippen LogP contribution in [0.2, 0.25) is 0 Å². The van der Waals surface area contributed by atoms with Crippen molar-refractivity contribution in [2.75, 3.05) is 37.6 Å². The van der Waals surface area contributed by atoms with E-state index in [2.05, 4.69) is 9.80 Å². The van der Waals surface area contributed by atoms with Gasteiger partial charge in [-0.1, -0.05) is 6.42 Å². The first-order valence-electron chi connectivity index (χ1n) is 10.9. The summed E-state index contributed by atoms with van der Waals surface area (Å²) < 4.78 is 20.1. The highest BCUT2D eigenvalue weighted by Gasteiger charge is 2.17. The molecule has 0 amide bonds. The molecule has 0 N–H and O–H groups in total. The molecule has 164 valence electrons. The number of oxazole rings is 1. The maximum Gasteiger partial charge on any atom is 0.419 e. The van der Waals surface area contributed by atoms with Gasteiger partial charge in [0.25, 0.3) is 0 Å². The first-order chi connectivity index (χ1) is 15.0. The second-order valence-electron chi connectivity index (χ2n) is 8.12. The van der Waals surface area contributed by atoms with E-state index in [9.17, 15) is 14.0 Å². The summed E-state index contributed by atoms with van der Waals surface area (Å²) >= 11 is 0. The van der Waals surface area contributed by atoms with Gasteiger partial charge in [-0.3, -0.25) is 14.3 Å². The maximum absolute atomic E-state index is 13.1. The van der Waals surface area contributed by atoms with Crippen LogP contribution in [0.3, 0.4) is 0 Å². The largest absolute Gasteiger partial charge is 0.419 e. The van der Waals surface area contributed by atoms with Crippen LogP contribution < -0.4 is 10.7 Å². The minimum absolute atomic E-state index is 0.0456. The SMILES string of the molecule is CC(=O)c1ccc2c(c1)oc(=O)n2CCCCCN1CCN(c2ccc(F)cc2)CC1. The summed E-state index contributed by atoms with van der Waals surface area (Å²) in [6, 6.07) is 11.9. The van der Waals surface area contributed by atoms with E-state index in [0.717, 1.165) is 63.2 Å². The molecule has 0 saturated carbocycles. The number of aryl methyl sites for hydroxylation is 1. The average Bonchev–Trinajstić information content (AvgIpc) is 3.09. The summed E-state index contributed by atoms with van der Waals surface area (Å²) in [7, 11) is 0. The van der Waals surface area contributed by atoms with E-state index in [0.29, 0.717) is 17.7 Å². The Labute approximate surface area is 180 Å². The standard InChI is InChI=1S/C24H28FN3O3/c1-18(29)19-5-10-22-23(17-19)31-24(30)28(22)12-4-2-3-11-26-13-15-27(16-14-26)21-8-6-20(25)7-9-21/h5-10,17H,2-4,11-16H2,1H3. The van der Waals surface area contributed by atoms with Crippen molar-refractivity contribution in [1.82, 2.24) is 9.47 Å². The molecule has 2 heterocycles. The number of hydrogen-bond donors (Lipinski definition) is 0. The lowest BCUT2D eigenvalue weighted by atomic mass is 10.1. The molecule has 4 rings (SSSR count). The molecule has 31 heavy (non-hydrogen) atoms. The van der Waals surface area contributed by atoms with E-state index in [1.165, 1.54) is 19.1 Å². The van der Waals surface area contributed by atoms with Gasteiger partial charge in [0.05, 0.1) is 5.52 Å². The number of rotatable bonds is 8. The Hall–Kier alpha value is -2.93. The van der Waals surface area contributed by atoms with Crippen molar-refractivity contribution in [3.63, 3.8) is 0 Å². The highest BCUT2D eigenvalue weighted by Crippen LogP contribution is 2.18. The summed E-state index contributed by atoms with van der Waals surface area (Å²) in [4.78, 5) is 28.4. The van der Waals surface area contributed by atoms with Crippen molar-refractivity contribution in [2.24, 2.45) is 0 Å². The van der Waals surface area contributed by atoms with Crippen LogP contribution >= 0.6 is 0 Å². The topological polar surface area (TPSA) is 58.7 Å². The number of unbranched alkanes of at least 4 members (excludes halogenated alkanes) is 2. The molecule has 7 heteroatoms. The summed E-state index contributed by atoms with van der Waals surface area (Å²) in [6.07, 6.45) is 3.01. The van der Waals surface area contributed by atoms with Crippen LogP contribution in [0.5, 0.6) is 0 Å². The Morgan fingerprint density at radius 1 is 0.968 bits per heavy atom. The first kappa shape index (κ1) is 21.3. The molecule has 2 aromatic carbocycles. The van der Waals surface area contributed by atoms with Crippen LogP contribution in [0.4, 0.5) is 10.1 Å². The number of benzene rings is 2. The van der Waals surface area contributed by atoms with Gasteiger partial charge >= 0.3 is 5.76 Å². The number of hydrogen-bond acceptors (Lipinski definition) is 5. The molecule has 3 aromatic rings. The van der Waals surface area contributed by atoms with Crippen molar-refractivity contribution < 1.29 is 13.6 Å². The molecule has 1 saturated heterocycles. The molecule has 1 aliphatic heterocycles. The van der Waals surface area contributed by atoms with Gasteiger partial charge in [0, 0.05) is 44.0 Å². The molecule has 0 spiro atoms. The maximum atomic E-state index is 13.1. The number of halogens is 1. The van der Waals surface area contributed by atoms with Gasteiger partial charge in [-0.25, -0.2) is 9.18 Å². The summed E-state index contributed by atoms with van der Waals surface area (Å²) in [5.74, 6) is -0.614. The van der Waals surface area contributed by atoms with Crippen LogP contribution in [0, 0.1) is 5.82 Å². The third-order valence-electron chi connectivity index (χ3n) is 5.99. The van der Waals surface area contributed by atoms with E-state index >= 15 is 0 Å². The van der Waals surface area contributed by atoms with Crippen LogP contribution in [-0.2, 0) is 6.54 Å². The first-order valence-corrected chi connectivity index (χ1v) is 10.9. The second kappa shape index (κ2) is 9.47. The van der Waals surface area contributed by atoms with Crippen molar-refractivity contribution in [3.05, 3.63) is 64.4 Å². The number of piperazine rings is 1. The predicted molar refractivity (Wildman–Crippen MR) is 119 cm³/mol. The quantitative estimate of drug-likeness (QED) is 0.404. The molecule has 1 aromatic heterocycles. The molecule has 6 nitrogen and oxygen atoms in total. The monoisotopic (exact) mass is 425 g/mol. The van der Waals surface area contributed by atoms with E-state index in [4.69, 9.17) is 4.42 Å². The number of ketones is 1. The van der Waals surface area contributed by atoms with E-state index in [-0.39, 0.29) is 17.4 Å². The van der Waals surface area contributed by atoms with Crippen molar-refractivity contribution in [2.45, 2.75) is 32.7 Å². The highest BCUT2D eigenvalue weighted by molar-refractivity contribution is 5.96. The smallest absolute Gasteiger partial charge is 0.408 e. The van der Waals surface area contributed by atoms with Crippen molar-refractivity contribution in [3.8, 4) is 0 Å². The Morgan fingerprint density at radius 2 is 1.68 bits per heavy atom. The van der Waals surface area contributed by atoms with Crippen molar-refractivity contribution >= 4 is 22.6 Å². The fourth-order valence-electron chi connectivity index (χ4n) is 4.16. The Bertz CT molecular complexity index is 1100. The minimum atomic E-state index is -0.368. The zero-order valence-corrected chi connectivity index (χ0v) is 17.8. The third kappa shape index (κ3) is 5.05. The van der Waals surface area contributed by atoms with E-state index in [1.807, 2.05) is 12.1 Å². The third-order valence-corrected chi connectivity index (χ3v) is 5.99. The van der Waals surface area contributed by atoms with E-state index in [1.54, 1.807) is 22.8 Å². The van der Waals surface area contributed by atoms with Gasteiger partial charge in [-0.15, -0.1) is 0 Å². The lowest BCUT2D eigenvalue weighted by Crippen LogP contribution is -2.46. The van der Waals surface area contributed by atoms with Gasteiger partial charge < -0.3 is 9.32 Å². The number of aromatic nitrogens is 1.